The summed E-state index contributed by atoms with van der Waals surface area (Å²) in [6.45, 7) is 0. The topological polar surface area (TPSA) is 52.6 Å². The molecule has 0 amide bonds. The first kappa shape index (κ1) is 17.1. The number of methoxy groups -OCH3 is 2. The molecule has 0 saturated carbocycles. The lowest BCUT2D eigenvalue weighted by atomic mass is 10.1. The van der Waals surface area contributed by atoms with Crippen molar-refractivity contribution in [2.24, 2.45) is 0 Å². The molecular weight excluding hydrogens is 692 g/mol. The van der Waals surface area contributed by atoms with Crippen molar-refractivity contribution in [1.82, 2.24) is 0 Å². The lowest BCUT2D eigenvalue weighted by Gasteiger charge is -2.13. The minimum absolute atomic E-state index is 0.406. The van der Waals surface area contributed by atoms with Gasteiger partial charge in [-0.25, -0.2) is 9.59 Å². The highest BCUT2D eigenvalue weighted by Crippen LogP contribution is 2.33. The molecule has 1 aromatic rings. The van der Waals surface area contributed by atoms with Crippen LogP contribution in [0.25, 0.3) is 0 Å². The molecule has 0 fully saturated rings. The molecule has 0 aromatic heterocycles. The Morgan fingerprint density at radius 1 is 0.722 bits per heavy atom. The number of esters is 2. The summed E-state index contributed by atoms with van der Waals surface area (Å²) in [4.78, 5) is 23.5. The van der Waals surface area contributed by atoms with Gasteiger partial charge in [-0.05, 0) is 90.4 Å². The summed E-state index contributed by atoms with van der Waals surface area (Å²) < 4.78 is 12.3. The van der Waals surface area contributed by atoms with Crippen LogP contribution in [0.4, 0.5) is 0 Å². The van der Waals surface area contributed by atoms with E-state index in [0.717, 1.165) is 0 Å². The van der Waals surface area contributed by atoms with Crippen molar-refractivity contribution in [3.05, 3.63) is 25.4 Å². The molecule has 0 bridgehead atoms. The van der Waals surface area contributed by atoms with Gasteiger partial charge in [0.25, 0.3) is 0 Å². The van der Waals surface area contributed by atoms with Gasteiger partial charge in [0.2, 0.25) is 0 Å². The molecule has 0 atom stereocenters. The second-order valence-electron chi connectivity index (χ2n) is 2.99. The predicted molar refractivity (Wildman–Crippen MR) is 100.0 cm³/mol. The van der Waals surface area contributed by atoms with Crippen molar-refractivity contribution < 1.29 is 19.1 Å². The fourth-order valence-electron chi connectivity index (χ4n) is 1.19. The van der Waals surface area contributed by atoms with E-state index < -0.39 is 11.9 Å². The zero-order valence-corrected chi connectivity index (χ0v) is 17.8. The molecular formula is C10H6I4O4. The molecule has 0 saturated heterocycles. The third-order valence-electron chi connectivity index (χ3n) is 2.04. The van der Waals surface area contributed by atoms with Crippen LogP contribution in [0.3, 0.4) is 0 Å². The van der Waals surface area contributed by atoms with Crippen molar-refractivity contribution in [2.45, 2.75) is 0 Å². The average molecular weight is 698 g/mol. The molecule has 0 aliphatic rings. The maximum absolute atomic E-state index is 11.8. The summed E-state index contributed by atoms with van der Waals surface area (Å²) in [5, 5.41) is 0. The molecule has 0 unspecified atom stereocenters. The van der Waals surface area contributed by atoms with E-state index >= 15 is 0 Å². The number of carbonyl (C=O) groups is 2. The SMILES string of the molecule is COC(=O)c1c(I)c(I)c(C(=O)OC)c(I)c1I. The van der Waals surface area contributed by atoms with E-state index in [4.69, 9.17) is 9.47 Å². The fraction of sp³-hybridized carbons (Fsp3) is 0.200. The third kappa shape index (κ3) is 3.21. The third-order valence-corrected chi connectivity index (χ3v) is 8.42. The molecule has 1 aromatic carbocycles. The molecule has 0 aliphatic carbocycles. The summed E-state index contributed by atoms with van der Waals surface area (Å²) in [5.41, 5.74) is 0.973. The largest absolute Gasteiger partial charge is 0.465 e. The Morgan fingerprint density at radius 3 is 1.11 bits per heavy atom. The standard InChI is InChI=1S/C10H6I4O4/c1-17-9(15)3-5(11)7(13)4(10(16)18-2)8(14)6(3)12/h1-2H3. The van der Waals surface area contributed by atoms with E-state index in [1.807, 2.05) is 90.4 Å². The van der Waals surface area contributed by atoms with Crippen molar-refractivity contribution in [2.75, 3.05) is 14.2 Å². The van der Waals surface area contributed by atoms with Gasteiger partial charge < -0.3 is 9.47 Å². The minimum Gasteiger partial charge on any atom is -0.465 e. The molecule has 0 aliphatic heterocycles. The van der Waals surface area contributed by atoms with Gasteiger partial charge in [0.1, 0.15) is 0 Å². The van der Waals surface area contributed by atoms with Crippen LogP contribution in [0, 0.1) is 14.3 Å². The first-order valence-electron chi connectivity index (χ1n) is 4.39. The Labute approximate surface area is 158 Å². The Kier molecular flexibility index (Phi) is 6.85. The highest BCUT2D eigenvalue weighted by molar-refractivity contribution is 14.1. The summed E-state index contributed by atoms with van der Waals surface area (Å²) in [6.07, 6.45) is 0. The number of carbonyl (C=O) groups excluding carboxylic acids is 2. The van der Waals surface area contributed by atoms with Crippen LogP contribution in [0.5, 0.6) is 0 Å². The zero-order chi connectivity index (χ0) is 14.0. The van der Waals surface area contributed by atoms with Crippen molar-refractivity contribution in [3.8, 4) is 0 Å². The van der Waals surface area contributed by atoms with Crippen LogP contribution in [0.15, 0.2) is 0 Å². The Hall–Kier alpha value is 1.08. The van der Waals surface area contributed by atoms with Crippen LogP contribution in [-0.4, -0.2) is 26.2 Å². The number of hydrogen-bond donors (Lipinski definition) is 0. The van der Waals surface area contributed by atoms with Gasteiger partial charge >= 0.3 is 11.9 Å². The van der Waals surface area contributed by atoms with Gasteiger partial charge in [-0.15, -0.1) is 0 Å². The van der Waals surface area contributed by atoms with Crippen LogP contribution in [-0.2, 0) is 9.47 Å². The molecule has 8 heteroatoms. The lowest BCUT2D eigenvalue weighted by Crippen LogP contribution is -2.16. The summed E-state index contributed by atoms with van der Waals surface area (Å²) in [7, 11) is 2.67. The highest BCUT2D eigenvalue weighted by atomic mass is 127. The smallest absolute Gasteiger partial charge is 0.340 e. The number of hydrogen-bond acceptors (Lipinski definition) is 4. The predicted octanol–water partition coefficient (Wildman–Crippen LogP) is 3.68. The van der Waals surface area contributed by atoms with Crippen LogP contribution in [0.1, 0.15) is 20.7 Å². The van der Waals surface area contributed by atoms with Crippen molar-refractivity contribution >= 4 is 102 Å². The van der Waals surface area contributed by atoms with E-state index in [1.165, 1.54) is 14.2 Å². The number of halogens is 4. The molecule has 98 valence electrons. The van der Waals surface area contributed by atoms with Gasteiger partial charge in [0, 0.05) is 14.3 Å². The zero-order valence-electron chi connectivity index (χ0n) is 9.14. The van der Waals surface area contributed by atoms with E-state index in [1.54, 1.807) is 0 Å². The number of benzene rings is 1. The van der Waals surface area contributed by atoms with Gasteiger partial charge in [-0.2, -0.15) is 0 Å². The highest BCUT2D eigenvalue weighted by Gasteiger charge is 2.27. The lowest BCUT2D eigenvalue weighted by molar-refractivity contribution is 0.0582. The van der Waals surface area contributed by atoms with E-state index in [0.29, 0.717) is 25.4 Å². The molecule has 18 heavy (non-hydrogen) atoms. The van der Waals surface area contributed by atoms with E-state index in [9.17, 15) is 9.59 Å². The number of ether oxygens (including phenoxy) is 2. The molecule has 4 nitrogen and oxygen atoms in total. The first-order chi connectivity index (χ1) is 8.36. The monoisotopic (exact) mass is 698 g/mol. The normalized spacial score (nSPS) is 10.1. The second kappa shape index (κ2) is 7.19. The van der Waals surface area contributed by atoms with Gasteiger partial charge in [0.05, 0.1) is 25.3 Å². The molecule has 0 N–H and O–H groups in total. The van der Waals surface area contributed by atoms with Crippen molar-refractivity contribution in [3.63, 3.8) is 0 Å². The van der Waals surface area contributed by atoms with Crippen molar-refractivity contribution in [1.29, 1.82) is 0 Å². The minimum atomic E-state index is -0.406. The second-order valence-corrected chi connectivity index (χ2v) is 7.30. The maximum Gasteiger partial charge on any atom is 0.340 e. The summed E-state index contributed by atoms with van der Waals surface area (Å²) in [5.74, 6) is -0.813. The van der Waals surface area contributed by atoms with E-state index in [2.05, 4.69) is 0 Å². The first-order valence-corrected chi connectivity index (χ1v) is 8.70. The van der Waals surface area contributed by atoms with Crippen LogP contribution < -0.4 is 0 Å². The van der Waals surface area contributed by atoms with Gasteiger partial charge in [-0.3, -0.25) is 0 Å². The average Bonchev–Trinajstić information content (AvgIpc) is 2.36. The molecule has 0 spiro atoms. The summed E-state index contributed by atoms with van der Waals surface area (Å²) >= 11 is 8.15. The fourth-order valence-corrected chi connectivity index (χ4v) is 5.26. The van der Waals surface area contributed by atoms with Gasteiger partial charge in [0.15, 0.2) is 0 Å². The Morgan fingerprint density at radius 2 is 0.944 bits per heavy atom. The molecule has 1 rings (SSSR count). The maximum atomic E-state index is 11.8. The Balaban J connectivity index is 3.66. The van der Waals surface area contributed by atoms with Gasteiger partial charge in [-0.1, -0.05) is 0 Å². The van der Waals surface area contributed by atoms with Crippen LogP contribution >= 0.6 is 90.4 Å². The van der Waals surface area contributed by atoms with Crippen LogP contribution in [0.2, 0.25) is 0 Å². The molecule has 0 heterocycles. The molecule has 0 radical (unpaired) electrons. The quantitative estimate of drug-likeness (QED) is 0.269. The van der Waals surface area contributed by atoms with E-state index in [-0.39, 0.29) is 0 Å². The summed E-state index contributed by atoms with van der Waals surface area (Å²) in [6, 6.07) is 0. The Bertz CT molecular complexity index is 451. The number of rotatable bonds is 2.